The molecule has 1 aromatic heterocycles. The molecule has 2 amide bonds. The highest BCUT2D eigenvalue weighted by molar-refractivity contribution is 5.94. The Labute approximate surface area is 187 Å². The van der Waals surface area contributed by atoms with E-state index >= 15 is 0 Å². The maximum atomic E-state index is 13.7. The van der Waals surface area contributed by atoms with Crippen LogP contribution in [0.1, 0.15) is 65.7 Å². The fourth-order valence-corrected chi connectivity index (χ4v) is 4.75. The minimum Gasteiger partial charge on any atom is -0.352 e. The Balaban J connectivity index is 1.30. The Morgan fingerprint density at radius 3 is 2.81 bits per heavy atom. The number of rotatable bonds is 6. The van der Waals surface area contributed by atoms with Crippen LogP contribution in [0.4, 0.5) is 4.39 Å². The first-order valence-electron chi connectivity index (χ1n) is 11.6. The monoisotopic (exact) mass is 439 g/mol. The van der Waals surface area contributed by atoms with Crippen molar-refractivity contribution in [1.82, 2.24) is 15.2 Å². The molecule has 1 aliphatic carbocycles. The van der Waals surface area contributed by atoms with Gasteiger partial charge in [-0.25, -0.2) is 4.39 Å². The summed E-state index contributed by atoms with van der Waals surface area (Å²) in [5.41, 5.74) is 2.44. The lowest BCUT2D eigenvalue weighted by molar-refractivity contribution is -0.121. The molecule has 1 aromatic carbocycles. The molecule has 1 atom stereocenters. The molecule has 0 saturated carbocycles. The predicted octanol–water partition coefficient (Wildman–Crippen LogP) is 3.34. The van der Waals surface area contributed by atoms with E-state index in [4.69, 9.17) is 0 Å². The highest BCUT2D eigenvalue weighted by Crippen LogP contribution is 2.23. The average Bonchev–Trinajstić information content (AvgIpc) is 2.81. The molecule has 1 fully saturated rings. The van der Waals surface area contributed by atoms with Gasteiger partial charge >= 0.3 is 0 Å². The second-order valence-electron chi connectivity index (χ2n) is 8.89. The zero-order valence-corrected chi connectivity index (χ0v) is 18.3. The molecule has 1 aliphatic heterocycles. The minimum atomic E-state index is -0.327. The summed E-state index contributed by atoms with van der Waals surface area (Å²) < 4.78 is 13.7. The van der Waals surface area contributed by atoms with Gasteiger partial charge in [-0.1, -0.05) is 18.2 Å². The molecule has 2 N–H and O–H groups in total. The number of halogens is 1. The van der Waals surface area contributed by atoms with Crippen LogP contribution in [0.2, 0.25) is 0 Å². The molecule has 7 heteroatoms. The number of fused-ring (bicyclic) bond motifs is 1. The van der Waals surface area contributed by atoms with E-state index in [0.29, 0.717) is 31.5 Å². The van der Waals surface area contributed by atoms with Crippen LogP contribution in [-0.2, 0) is 24.2 Å². The molecule has 0 spiro atoms. The van der Waals surface area contributed by atoms with Gasteiger partial charge in [0.05, 0.1) is 0 Å². The summed E-state index contributed by atoms with van der Waals surface area (Å²) in [5, 5.41) is 2.77. The minimum absolute atomic E-state index is 0.122. The topological polar surface area (TPSA) is 82.3 Å². The van der Waals surface area contributed by atoms with Gasteiger partial charge in [-0.3, -0.25) is 14.4 Å². The van der Waals surface area contributed by atoms with Crippen molar-refractivity contribution in [1.29, 1.82) is 0 Å². The number of pyridine rings is 1. The lowest BCUT2D eigenvalue weighted by Crippen LogP contribution is -2.42. The zero-order valence-electron chi connectivity index (χ0n) is 18.3. The number of piperidine rings is 1. The number of benzene rings is 1. The van der Waals surface area contributed by atoms with Crippen molar-refractivity contribution in [2.24, 2.45) is 5.92 Å². The number of hydrogen-bond donors (Lipinski definition) is 2. The maximum absolute atomic E-state index is 13.7. The largest absolute Gasteiger partial charge is 0.352 e. The summed E-state index contributed by atoms with van der Waals surface area (Å²) in [6, 6.07) is 8.18. The van der Waals surface area contributed by atoms with Gasteiger partial charge in [0.15, 0.2) is 0 Å². The number of H-pyrrole nitrogens is 1. The van der Waals surface area contributed by atoms with Gasteiger partial charge in [-0.15, -0.1) is 0 Å². The molecule has 0 bridgehead atoms. The quantitative estimate of drug-likeness (QED) is 0.724. The van der Waals surface area contributed by atoms with Gasteiger partial charge in [-0.05, 0) is 68.6 Å². The van der Waals surface area contributed by atoms with Crippen LogP contribution in [0, 0.1) is 11.7 Å². The first-order chi connectivity index (χ1) is 15.5. The number of nitrogens with zero attached hydrogens (tertiary/aromatic N) is 1. The third-order valence-corrected chi connectivity index (χ3v) is 6.59. The fourth-order valence-electron chi connectivity index (χ4n) is 4.75. The zero-order chi connectivity index (χ0) is 22.5. The van der Waals surface area contributed by atoms with Crippen LogP contribution in [-0.4, -0.2) is 34.8 Å². The van der Waals surface area contributed by atoms with Gasteiger partial charge in [0.25, 0.3) is 11.5 Å². The van der Waals surface area contributed by atoms with Crippen LogP contribution >= 0.6 is 0 Å². The number of aryl methyl sites for hydroxylation is 2. The van der Waals surface area contributed by atoms with Gasteiger partial charge in [0.1, 0.15) is 11.4 Å². The first kappa shape index (κ1) is 22.2. The average molecular weight is 440 g/mol. The molecule has 32 heavy (non-hydrogen) atoms. The normalized spacial score (nSPS) is 18.2. The van der Waals surface area contributed by atoms with Crippen molar-refractivity contribution in [3.63, 3.8) is 0 Å². The molecule has 0 unspecified atom stereocenters. The van der Waals surface area contributed by atoms with E-state index in [1.54, 1.807) is 29.2 Å². The lowest BCUT2D eigenvalue weighted by atomic mass is 9.92. The van der Waals surface area contributed by atoms with E-state index < -0.39 is 0 Å². The van der Waals surface area contributed by atoms with Gasteiger partial charge < -0.3 is 15.2 Å². The fraction of sp³-hybridized carbons (Fsp3) is 0.480. The van der Waals surface area contributed by atoms with E-state index in [1.165, 1.54) is 6.07 Å². The van der Waals surface area contributed by atoms with E-state index in [1.807, 2.05) is 0 Å². The molecule has 0 radical (unpaired) electrons. The number of aromatic amines is 1. The number of aromatic nitrogens is 1. The molecule has 6 nitrogen and oxygen atoms in total. The first-order valence-corrected chi connectivity index (χ1v) is 11.6. The predicted molar refractivity (Wildman–Crippen MR) is 120 cm³/mol. The Hall–Kier alpha value is -2.96. The van der Waals surface area contributed by atoms with E-state index in [-0.39, 0.29) is 41.2 Å². The molecule has 4 rings (SSSR count). The summed E-state index contributed by atoms with van der Waals surface area (Å²) >= 11 is 0. The van der Waals surface area contributed by atoms with Crippen molar-refractivity contribution in [3.05, 3.63) is 68.9 Å². The summed E-state index contributed by atoms with van der Waals surface area (Å²) in [6.07, 6.45) is 6.71. The molecule has 2 aliphatic rings. The molecule has 2 heterocycles. The highest BCUT2D eigenvalue weighted by Gasteiger charge is 2.27. The van der Waals surface area contributed by atoms with Crippen molar-refractivity contribution >= 4 is 11.8 Å². The van der Waals surface area contributed by atoms with Crippen LogP contribution in [0.25, 0.3) is 0 Å². The van der Waals surface area contributed by atoms with E-state index in [2.05, 4.69) is 10.3 Å². The molecule has 1 saturated heterocycles. The van der Waals surface area contributed by atoms with Crippen LogP contribution in [0.3, 0.4) is 0 Å². The smallest absolute Gasteiger partial charge is 0.261 e. The lowest BCUT2D eigenvalue weighted by Gasteiger charge is -2.33. The second-order valence-corrected chi connectivity index (χ2v) is 8.89. The molecular weight excluding hydrogens is 409 g/mol. The van der Waals surface area contributed by atoms with Crippen molar-refractivity contribution in [2.75, 3.05) is 13.1 Å². The summed E-state index contributed by atoms with van der Waals surface area (Å²) in [6.45, 7) is 1.35. The van der Waals surface area contributed by atoms with Gasteiger partial charge in [-0.2, -0.15) is 0 Å². The van der Waals surface area contributed by atoms with Crippen LogP contribution in [0.5, 0.6) is 0 Å². The third-order valence-electron chi connectivity index (χ3n) is 6.59. The highest BCUT2D eigenvalue weighted by atomic mass is 19.1. The second kappa shape index (κ2) is 10.1. The Bertz CT molecular complexity index is 1050. The summed E-state index contributed by atoms with van der Waals surface area (Å²) in [4.78, 5) is 42.5. The molecule has 170 valence electrons. The standard InChI is InChI=1S/C25H30FN3O3/c26-21-9-3-1-8-19(21)15-27-23(30)12-11-17-6-5-13-29(16-17)25(32)20-14-18-7-2-4-10-22(18)28-24(20)31/h1,3,8-9,14,17H,2,4-7,10-13,15-16H2,(H,27,30)(H,28,31)/t17-/m1/s1. The third kappa shape index (κ3) is 5.26. The van der Waals surface area contributed by atoms with Crippen molar-refractivity contribution in [3.8, 4) is 0 Å². The number of likely N-dealkylation sites (tertiary alicyclic amines) is 1. The van der Waals surface area contributed by atoms with Crippen molar-refractivity contribution < 1.29 is 14.0 Å². The summed E-state index contributed by atoms with van der Waals surface area (Å²) in [7, 11) is 0. The molecule has 2 aromatic rings. The number of amides is 2. The van der Waals surface area contributed by atoms with Crippen LogP contribution in [0.15, 0.2) is 35.1 Å². The van der Waals surface area contributed by atoms with E-state index in [0.717, 1.165) is 49.8 Å². The number of hydrogen-bond acceptors (Lipinski definition) is 3. The SMILES string of the molecule is O=C(CC[C@H]1CCCN(C(=O)c2cc3c([nH]c2=O)CCCC3)C1)NCc1ccccc1F. The Kier molecular flexibility index (Phi) is 7.02. The summed E-state index contributed by atoms with van der Waals surface area (Å²) in [5.74, 6) is -0.453. The molecular formula is C25H30FN3O3. The number of carbonyl (C=O) groups is 2. The van der Waals surface area contributed by atoms with Gasteiger partial charge in [0.2, 0.25) is 5.91 Å². The Morgan fingerprint density at radius 1 is 1.16 bits per heavy atom. The Morgan fingerprint density at radius 2 is 1.97 bits per heavy atom. The number of nitrogens with one attached hydrogen (secondary N) is 2. The van der Waals surface area contributed by atoms with Crippen molar-refractivity contribution in [2.45, 2.75) is 57.9 Å². The van der Waals surface area contributed by atoms with Crippen LogP contribution < -0.4 is 10.9 Å². The van der Waals surface area contributed by atoms with Gasteiger partial charge in [0, 0.05) is 37.3 Å². The van der Waals surface area contributed by atoms with E-state index in [9.17, 15) is 18.8 Å². The maximum Gasteiger partial charge on any atom is 0.261 e. The number of carbonyl (C=O) groups excluding carboxylic acids is 2.